The van der Waals surface area contributed by atoms with Crippen LogP contribution >= 0.6 is 0 Å². The van der Waals surface area contributed by atoms with Crippen LogP contribution in [-0.2, 0) is 4.79 Å². The predicted octanol–water partition coefficient (Wildman–Crippen LogP) is 1.95. The quantitative estimate of drug-likeness (QED) is 0.818. The zero-order valence-electron chi connectivity index (χ0n) is 11.1. The lowest BCUT2D eigenvalue weighted by atomic mass is 10.1. The number of anilines is 1. The van der Waals surface area contributed by atoms with Crippen molar-refractivity contribution >= 4 is 11.7 Å². The van der Waals surface area contributed by atoms with Crippen LogP contribution in [0.4, 0.5) is 5.95 Å². The topological polar surface area (TPSA) is 59.0 Å². The van der Waals surface area contributed by atoms with Crippen molar-refractivity contribution in [2.75, 3.05) is 18.5 Å². The normalized spacial score (nSPS) is 10.2. The number of Topliss-reactive ketones (excluding diaryl/α,β-unsaturated/α-hetero) is 1. The fourth-order valence-electron chi connectivity index (χ4n) is 1.64. The Morgan fingerprint density at radius 3 is 2.37 bits per heavy atom. The SMILES string of the molecule is CC(=O)CCN(C)c1ncc(-c2ccncc2)cn1. The maximum Gasteiger partial charge on any atom is 0.225 e. The van der Waals surface area contributed by atoms with Gasteiger partial charge in [0, 0.05) is 50.4 Å². The van der Waals surface area contributed by atoms with Crippen molar-refractivity contribution in [2.24, 2.45) is 0 Å². The first kappa shape index (κ1) is 13.1. The summed E-state index contributed by atoms with van der Waals surface area (Å²) in [5, 5.41) is 0. The van der Waals surface area contributed by atoms with Crippen LogP contribution in [0.15, 0.2) is 36.9 Å². The molecule has 2 heterocycles. The van der Waals surface area contributed by atoms with Crippen LogP contribution in [0, 0.1) is 0 Å². The van der Waals surface area contributed by atoms with Crippen molar-refractivity contribution < 1.29 is 4.79 Å². The average Bonchev–Trinajstić information content (AvgIpc) is 2.46. The zero-order chi connectivity index (χ0) is 13.7. The highest BCUT2D eigenvalue weighted by atomic mass is 16.1. The van der Waals surface area contributed by atoms with Gasteiger partial charge in [0.15, 0.2) is 0 Å². The summed E-state index contributed by atoms with van der Waals surface area (Å²) in [6.45, 7) is 2.21. The monoisotopic (exact) mass is 256 g/mol. The van der Waals surface area contributed by atoms with E-state index in [1.807, 2.05) is 24.1 Å². The molecule has 0 spiro atoms. The summed E-state index contributed by atoms with van der Waals surface area (Å²) >= 11 is 0. The molecule has 0 aliphatic heterocycles. The Morgan fingerprint density at radius 1 is 1.16 bits per heavy atom. The third-order valence-corrected chi connectivity index (χ3v) is 2.79. The van der Waals surface area contributed by atoms with E-state index in [9.17, 15) is 4.79 Å². The highest BCUT2D eigenvalue weighted by molar-refractivity contribution is 5.76. The molecule has 0 radical (unpaired) electrons. The molecule has 0 amide bonds. The van der Waals surface area contributed by atoms with Crippen molar-refractivity contribution in [3.8, 4) is 11.1 Å². The minimum absolute atomic E-state index is 0.167. The van der Waals surface area contributed by atoms with Gasteiger partial charge in [0.25, 0.3) is 0 Å². The predicted molar refractivity (Wildman–Crippen MR) is 73.8 cm³/mol. The summed E-state index contributed by atoms with van der Waals surface area (Å²) in [4.78, 5) is 25.4. The molecular weight excluding hydrogens is 240 g/mol. The molecule has 98 valence electrons. The Labute approximate surface area is 112 Å². The molecule has 2 rings (SSSR count). The van der Waals surface area contributed by atoms with Gasteiger partial charge in [-0.05, 0) is 24.6 Å². The highest BCUT2D eigenvalue weighted by Crippen LogP contribution is 2.17. The van der Waals surface area contributed by atoms with Crippen molar-refractivity contribution in [3.05, 3.63) is 36.9 Å². The van der Waals surface area contributed by atoms with Crippen LogP contribution in [0.25, 0.3) is 11.1 Å². The van der Waals surface area contributed by atoms with Gasteiger partial charge in [0.05, 0.1) is 0 Å². The van der Waals surface area contributed by atoms with Gasteiger partial charge in [0.1, 0.15) is 5.78 Å². The largest absolute Gasteiger partial charge is 0.343 e. The van der Waals surface area contributed by atoms with E-state index in [-0.39, 0.29) is 5.78 Å². The standard InChI is InChI=1S/C14H16N4O/c1-11(19)5-8-18(2)14-16-9-13(10-17-14)12-3-6-15-7-4-12/h3-4,6-7,9-10H,5,8H2,1-2H3. The minimum Gasteiger partial charge on any atom is -0.343 e. The first-order valence-corrected chi connectivity index (χ1v) is 6.10. The van der Waals surface area contributed by atoms with E-state index in [0.29, 0.717) is 18.9 Å². The number of rotatable bonds is 5. The Morgan fingerprint density at radius 2 is 1.79 bits per heavy atom. The molecule has 0 fully saturated rings. The summed E-state index contributed by atoms with van der Waals surface area (Å²) in [6, 6.07) is 3.83. The molecule has 0 aromatic carbocycles. The smallest absolute Gasteiger partial charge is 0.225 e. The first-order valence-electron chi connectivity index (χ1n) is 6.10. The van der Waals surface area contributed by atoms with Gasteiger partial charge in [-0.2, -0.15) is 0 Å². The van der Waals surface area contributed by atoms with E-state index in [4.69, 9.17) is 0 Å². The number of nitrogens with zero attached hydrogens (tertiary/aromatic N) is 4. The summed E-state index contributed by atoms with van der Waals surface area (Å²) in [5.41, 5.74) is 1.99. The first-order chi connectivity index (χ1) is 9.16. The Kier molecular flexibility index (Phi) is 4.18. The molecule has 2 aromatic heterocycles. The lowest BCUT2D eigenvalue weighted by Gasteiger charge is -2.15. The van der Waals surface area contributed by atoms with Crippen molar-refractivity contribution in [1.82, 2.24) is 15.0 Å². The van der Waals surface area contributed by atoms with Crippen molar-refractivity contribution in [3.63, 3.8) is 0 Å². The fourth-order valence-corrected chi connectivity index (χ4v) is 1.64. The number of carbonyl (C=O) groups is 1. The molecule has 0 N–H and O–H groups in total. The second-order valence-electron chi connectivity index (χ2n) is 4.38. The number of hydrogen-bond donors (Lipinski definition) is 0. The molecule has 0 unspecified atom stereocenters. The number of ketones is 1. The number of carbonyl (C=O) groups excluding carboxylic acids is 1. The molecular formula is C14H16N4O. The van der Waals surface area contributed by atoms with Crippen molar-refractivity contribution in [1.29, 1.82) is 0 Å². The number of aromatic nitrogens is 3. The van der Waals surface area contributed by atoms with Crippen LogP contribution in [0.3, 0.4) is 0 Å². The van der Waals surface area contributed by atoms with Gasteiger partial charge in [-0.25, -0.2) is 9.97 Å². The third-order valence-electron chi connectivity index (χ3n) is 2.79. The maximum absolute atomic E-state index is 10.9. The van der Waals surface area contributed by atoms with E-state index >= 15 is 0 Å². The Bertz CT molecular complexity index is 539. The lowest BCUT2D eigenvalue weighted by Crippen LogP contribution is -2.22. The molecule has 0 atom stereocenters. The Hall–Kier alpha value is -2.30. The van der Waals surface area contributed by atoms with Gasteiger partial charge in [-0.15, -0.1) is 0 Å². The molecule has 0 saturated heterocycles. The molecule has 0 aliphatic carbocycles. The van der Waals surface area contributed by atoms with Crippen LogP contribution in [0.1, 0.15) is 13.3 Å². The second kappa shape index (κ2) is 6.04. The maximum atomic E-state index is 10.9. The summed E-state index contributed by atoms with van der Waals surface area (Å²) in [6.07, 6.45) is 7.54. The Balaban J connectivity index is 2.08. The minimum atomic E-state index is 0.167. The van der Waals surface area contributed by atoms with Crippen LogP contribution in [0.2, 0.25) is 0 Å². The van der Waals surface area contributed by atoms with E-state index in [1.165, 1.54) is 0 Å². The van der Waals surface area contributed by atoms with Crippen LogP contribution < -0.4 is 4.90 Å². The summed E-state index contributed by atoms with van der Waals surface area (Å²) < 4.78 is 0. The second-order valence-corrected chi connectivity index (χ2v) is 4.38. The van der Waals surface area contributed by atoms with Gasteiger partial charge >= 0.3 is 0 Å². The number of hydrogen-bond acceptors (Lipinski definition) is 5. The van der Waals surface area contributed by atoms with Crippen LogP contribution in [-0.4, -0.2) is 34.3 Å². The zero-order valence-corrected chi connectivity index (χ0v) is 11.1. The molecule has 0 aliphatic rings. The van der Waals surface area contributed by atoms with Gasteiger partial charge in [-0.3, -0.25) is 9.78 Å². The van der Waals surface area contributed by atoms with E-state index in [1.54, 1.807) is 31.7 Å². The van der Waals surface area contributed by atoms with Gasteiger partial charge in [0.2, 0.25) is 5.95 Å². The van der Waals surface area contributed by atoms with E-state index in [0.717, 1.165) is 11.1 Å². The van der Waals surface area contributed by atoms with Crippen LogP contribution in [0.5, 0.6) is 0 Å². The van der Waals surface area contributed by atoms with Crippen molar-refractivity contribution in [2.45, 2.75) is 13.3 Å². The molecule has 2 aromatic rings. The molecule has 19 heavy (non-hydrogen) atoms. The molecule has 5 nitrogen and oxygen atoms in total. The van der Waals surface area contributed by atoms with E-state index < -0.39 is 0 Å². The summed E-state index contributed by atoms with van der Waals surface area (Å²) in [7, 11) is 1.88. The van der Waals surface area contributed by atoms with Gasteiger partial charge < -0.3 is 4.90 Å². The fraction of sp³-hybridized carbons (Fsp3) is 0.286. The average molecular weight is 256 g/mol. The lowest BCUT2D eigenvalue weighted by molar-refractivity contribution is -0.116. The third kappa shape index (κ3) is 3.58. The van der Waals surface area contributed by atoms with E-state index in [2.05, 4.69) is 15.0 Å². The number of pyridine rings is 1. The molecule has 0 bridgehead atoms. The molecule has 5 heteroatoms. The summed E-state index contributed by atoms with van der Waals surface area (Å²) in [5.74, 6) is 0.791. The van der Waals surface area contributed by atoms with Gasteiger partial charge in [-0.1, -0.05) is 0 Å². The molecule has 0 saturated carbocycles. The highest BCUT2D eigenvalue weighted by Gasteiger charge is 2.06.